The maximum Gasteiger partial charge on any atom is 0.00930 e. The van der Waals surface area contributed by atoms with Gasteiger partial charge < -0.3 is 4.90 Å². The summed E-state index contributed by atoms with van der Waals surface area (Å²) in [6, 6.07) is 0.834. The lowest BCUT2D eigenvalue weighted by atomic mass is 10.1. The Bertz CT molecular complexity index is 161. The average Bonchev–Trinajstić information content (AvgIpc) is 2.54. The van der Waals surface area contributed by atoms with Crippen LogP contribution in [-0.4, -0.2) is 24.0 Å². The number of hydrogen-bond acceptors (Lipinski definition) is 1. The highest BCUT2D eigenvalue weighted by atomic mass is 79.9. The van der Waals surface area contributed by atoms with Gasteiger partial charge in [-0.2, -0.15) is 0 Å². The standard InChI is InChI=1S/C14H29N.BrH/c1-4-5-6-7-8-9-11-15-12-10-13(2)14(15)3;/h13-14H,4-12H2,1-3H3;1H. The van der Waals surface area contributed by atoms with Crippen LogP contribution in [0.25, 0.3) is 0 Å². The molecule has 0 aromatic rings. The van der Waals surface area contributed by atoms with Crippen molar-refractivity contribution in [2.24, 2.45) is 5.92 Å². The van der Waals surface area contributed by atoms with Gasteiger partial charge in [-0.1, -0.05) is 46.0 Å². The Labute approximate surface area is 113 Å². The largest absolute Gasteiger partial charge is 0.300 e. The highest BCUT2D eigenvalue weighted by molar-refractivity contribution is 8.93. The quantitative estimate of drug-likeness (QED) is 0.617. The minimum Gasteiger partial charge on any atom is -0.300 e. The molecule has 1 nitrogen and oxygen atoms in total. The predicted molar refractivity (Wildman–Crippen MR) is 78.5 cm³/mol. The van der Waals surface area contributed by atoms with Crippen molar-refractivity contribution in [2.45, 2.75) is 71.8 Å². The lowest BCUT2D eigenvalue weighted by Gasteiger charge is -2.22. The molecular weight excluding hydrogens is 262 g/mol. The Hall–Kier alpha value is 0.440. The van der Waals surface area contributed by atoms with Gasteiger partial charge in [0, 0.05) is 6.04 Å². The first kappa shape index (κ1) is 16.4. The molecule has 1 heterocycles. The van der Waals surface area contributed by atoms with Crippen molar-refractivity contribution in [2.75, 3.05) is 13.1 Å². The summed E-state index contributed by atoms with van der Waals surface area (Å²) >= 11 is 0. The molecule has 98 valence electrons. The van der Waals surface area contributed by atoms with E-state index in [0.717, 1.165) is 12.0 Å². The fourth-order valence-electron chi connectivity index (χ4n) is 2.58. The fourth-order valence-corrected chi connectivity index (χ4v) is 2.58. The third-order valence-corrected chi connectivity index (χ3v) is 4.07. The van der Waals surface area contributed by atoms with Crippen molar-refractivity contribution in [3.8, 4) is 0 Å². The van der Waals surface area contributed by atoms with Crippen molar-refractivity contribution in [1.29, 1.82) is 0 Å². The first-order valence-electron chi connectivity index (χ1n) is 6.99. The SMILES string of the molecule is Br.CCCCCCCCN1CCC(C)C1C. The number of unbranched alkanes of at least 4 members (excludes halogenated alkanes) is 5. The molecule has 2 heteroatoms. The molecule has 1 aliphatic heterocycles. The Kier molecular flexibility index (Phi) is 9.73. The van der Waals surface area contributed by atoms with Crippen LogP contribution in [0.4, 0.5) is 0 Å². The summed E-state index contributed by atoms with van der Waals surface area (Å²) in [4.78, 5) is 2.69. The van der Waals surface area contributed by atoms with Crippen LogP contribution in [-0.2, 0) is 0 Å². The summed E-state index contributed by atoms with van der Waals surface area (Å²) in [6.45, 7) is 9.77. The summed E-state index contributed by atoms with van der Waals surface area (Å²) < 4.78 is 0. The van der Waals surface area contributed by atoms with Gasteiger partial charge in [0.1, 0.15) is 0 Å². The fraction of sp³-hybridized carbons (Fsp3) is 1.00. The van der Waals surface area contributed by atoms with Crippen molar-refractivity contribution < 1.29 is 0 Å². The number of likely N-dealkylation sites (tertiary alicyclic amines) is 1. The van der Waals surface area contributed by atoms with Crippen molar-refractivity contribution in [1.82, 2.24) is 4.90 Å². The molecule has 0 amide bonds. The van der Waals surface area contributed by atoms with Crippen molar-refractivity contribution in [3.05, 3.63) is 0 Å². The van der Waals surface area contributed by atoms with Gasteiger partial charge in [0.2, 0.25) is 0 Å². The highest BCUT2D eigenvalue weighted by Gasteiger charge is 2.26. The molecule has 0 aromatic heterocycles. The molecule has 1 aliphatic rings. The summed E-state index contributed by atoms with van der Waals surface area (Å²) in [5.74, 6) is 0.921. The molecule has 0 N–H and O–H groups in total. The van der Waals surface area contributed by atoms with Gasteiger partial charge in [0.05, 0.1) is 0 Å². The summed E-state index contributed by atoms with van der Waals surface area (Å²) in [7, 11) is 0. The second kappa shape index (κ2) is 9.47. The van der Waals surface area contributed by atoms with Crippen LogP contribution in [0.1, 0.15) is 65.7 Å². The zero-order valence-electron chi connectivity index (χ0n) is 11.4. The van der Waals surface area contributed by atoms with Crippen LogP contribution < -0.4 is 0 Å². The molecule has 0 spiro atoms. The van der Waals surface area contributed by atoms with Crippen LogP contribution >= 0.6 is 17.0 Å². The Morgan fingerprint density at radius 1 is 1.00 bits per heavy atom. The van der Waals surface area contributed by atoms with E-state index in [0.29, 0.717) is 0 Å². The molecule has 2 atom stereocenters. The number of rotatable bonds is 7. The molecular formula is C14H30BrN. The van der Waals surface area contributed by atoms with Gasteiger partial charge in [-0.05, 0) is 38.8 Å². The topological polar surface area (TPSA) is 3.24 Å². The molecule has 0 aromatic carbocycles. The smallest absolute Gasteiger partial charge is 0.00930 e. The van der Waals surface area contributed by atoms with Crippen molar-refractivity contribution in [3.63, 3.8) is 0 Å². The van der Waals surface area contributed by atoms with E-state index in [-0.39, 0.29) is 17.0 Å². The maximum absolute atomic E-state index is 2.69. The Morgan fingerprint density at radius 3 is 2.19 bits per heavy atom. The number of nitrogens with zero attached hydrogens (tertiary/aromatic N) is 1. The van der Waals surface area contributed by atoms with Gasteiger partial charge >= 0.3 is 0 Å². The third-order valence-electron chi connectivity index (χ3n) is 4.07. The molecule has 16 heavy (non-hydrogen) atoms. The summed E-state index contributed by atoms with van der Waals surface area (Å²) in [6.07, 6.45) is 9.96. The van der Waals surface area contributed by atoms with E-state index >= 15 is 0 Å². The molecule has 0 aliphatic carbocycles. The van der Waals surface area contributed by atoms with E-state index in [1.807, 2.05) is 0 Å². The van der Waals surface area contributed by atoms with Gasteiger partial charge in [-0.15, -0.1) is 17.0 Å². The van der Waals surface area contributed by atoms with Gasteiger partial charge in [0.25, 0.3) is 0 Å². The van der Waals surface area contributed by atoms with Crippen molar-refractivity contribution >= 4 is 17.0 Å². The first-order valence-corrected chi connectivity index (χ1v) is 6.99. The van der Waals surface area contributed by atoms with Crippen LogP contribution in [0, 0.1) is 5.92 Å². The molecule has 0 saturated carbocycles. The molecule has 1 saturated heterocycles. The van der Waals surface area contributed by atoms with E-state index in [1.54, 1.807) is 0 Å². The van der Waals surface area contributed by atoms with E-state index in [2.05, 4.69) is 25.7 Å². The summed E-state index contributed by atoms with van der Waals surface area (Å²) in [5.41, 5.74) is 0. The van der Waals surface area contributed by atoms with Crippen LogP contribution in [0.5, 0.6) is 0 Å². The molecule has 0 radical (unpaired) electrons. The zero-order chi connectivity index (χ0) is 11.1. The first-order chi connectivity index (χ1) is 7.25. The number of halogens is 1. The second-order valence-corrected chi connectivity index (χ2v) is 5.31. The molecule has 0 bridgehead atoms. The minimum atomic E-state index is 0. The van der Waals surface area contributed by atoms with Crippen LogP contribution in [0.3, 0.4) is 0 Å². The van der Waals surface area contributed by atoms with Gasteiger partial charge in [0.15, 0.2) is 0 Å². The maximum atomic E-state index is 2.69. The zero-order valence-corrected chi connectivity index (χ0v) is 13.1. The van der Waals surface area contributed by atoms with Gasteiger partial charge in [-0.3, -0.25) is 0 Å². The van der Waals surface area contributed by atoms with Crippen LogP contribution in [0.2, 0.25) is 0 Å². The van der Waals surface area contributed by atoms with E-state index in [9.17, 15) is 0 Å². The van der Waals surface area contributed by atoms with E-state index in [4.69, 9.17) is 0 Å². The predicted octanol–water partition coefficient (Wildman–Crippen LogP) is 4.66. The minimum absolute atomic E-state index is 0. The van der Waals surface area contributed by atoms with Crippen LogP contribution in [0.15, 0.2) is 0 Å². The lowest BCUT2D eigenvalue weighted by Crippen LogP contribution is -2.30. The monoisotopic (exact) mass is 291 g/mol. The molecule has 1 fully saturated rings. The Balaban J connectivity index is 0.00000225. The van der Waals surface area contributed by atoms with E-state index in [1.165, 1.54) is 58.0 Å². The lowest BCUT2D eigenvalue weighted by molar-refractivity contribution is 0.242. The second-order valence-electron chi connectivity index (χ2n) is 5.31. The molecule has 2 unspecified atom stereocenters. The summed E-state index contributed by atoms with van der Waals surface area (Å²) in [5, 5.41) is 0. The Morgan fingerprint density at radius 2 is 1.62 bits per heavy atom. The highest BCUT2D eigenvalue weighted by Crippen LogP contribution is 2.23. The van der Waals surface area contributed by atoms with Gasteiger partial charge in [-0.25, -0.2) is 0 Å². The average molecular weight is 292 g/mol. The molecule has 1 rings (SSSR count). The van der Waals surface area contributed by atoms with E-state index < -0.39 is 0 Å². The third kappa shape index (κ3) is 5.67. The number of hydrogen-bond donors (Lipinski definition) is 0. The normalized spacial score (nSPS) is 25.7.